The Labute approximate surface area is 91.8 Å². The molecule has 0 saturated heterocycles. The number of rotatable bonds is 6. The van der Waals surface area contributed by atoms with Gasteiger partial charge in [0.05, 0.1) is 0 Å². The molecule has 0 aliphatic heterocycles. The molecular weight excluding hydrogens is 224 g/mol. The predicted molar refractivity (Wildman–Crippen MR) is 59.7 cm³/mol. The van der Waals surface area contributed by atoms with Crippen molar-refractivity contribution in [1.82, 2.24) is 9.03 Å². The summed E-state index contributed by atoms with van der Waals surface area (Å²) in [6.45, 7) is 4.06. The molecule has 1 atom stereocenters. The van der Waals surface area contributed by atoms with Crippen LogP contribution in [0.25, 0.3) is 0 Å². The fourth-order valence-corrected chi connectivity index (χ4v) is 2.13. The van der Waals surface area contributed by atoms with E-state index in [1.165, 1.54) is 14.1 Å². The molecule has 0 aromatic heterocycles. The van der Waals surface area contributed by atoms with Gasteiger partial charge < -0.3 is 0 Å². The van der Waals surface area contributed by atoms with Crippen LogP contribution >= 0.6 is 11.6 Å². The molecule has 0 radical (unpaired) electrons. The van der Waals surface area contributed by atoms with Crippen molar-refractivity contribution in [3.05, 3.63) is 0 Å². The number of halogens is 1. The van der Waals surface area contributed by atoms with Crippen molar-refractivity contribution in [3.63, 3.8) is 0 Å². The first-order chi connectivity index (χ1) is 6.29. The molecule has 4 nitrogen and oxygen atoms in total. The first-order valence-electron chi connectivity index (χ1n) is 4.55. The van der Waals surface area contributed by atoms with Crippen LogP contribution in [0.15, 0.2) is 0 Å². The van der Waals surface area contributed by atoms with Gasteiger partial charge in [-0.25, -0.2) is 0 Å². The highest BCUT2D eigenvalue weighted by Crippen LogP contribution is 2.07. The van der Waals surface area contributed by atoms with E-state index in [-0.39, 0.29) is 6.04 Å². The Balaban J connectivity index is 4.32. The summed E-state index contributed by atoms with van der Waals surface area (Å²) in [5.41, 5.74) is 0. The molecule has 0 heterocycles. The Kier molecular flexibility index (Phi) is 5.97. The van der Waals surface area contributed by atoms with Crippen molar-refractivity contribution in [1.29, 1.82) is 0 Å². The highest BCUT2D eigenvalue weighted by Gasteiger charge is 2.19. The van der Waals surface area contributed by atoms with E-state index in [0.717, 1.165) is 10.7 Å². The van der Waals surface area contributed by atoms with E-state index < -0.39 is 10.2 Å². The second kappa shape index (κ2) is 5.90. The summed E-state index contributed by atoms with van der Waals surface area (Å²) >= 11 is 5.68. The van der Waals surface area contributed by atoms with Gasteiger partial charge in [-0.1, -0.05) is 13.8 Å². The fraction of sp³-hybridized carbons (Fsp3) is 1.00. The van der Waals surface area contributed by atoms with Crippen LogP contribution < -0.4 is 4.72 Å². The molecule has 0 fully saturated rings. The van der Waals surface area contributed by atoms with Crippen molar-refractivity contribution >= 4 is 21.8 Å². The van der Waals surface area contributed by atoms with Crippen molar-refractivity contribution < 1.29 is 8.42 Å². The lowest BCUT2D eigenvalue weighted by Gasteiger charge is -2.20. The number of nitrogens with one attached hydrogen (secondary N) is 1. The van der Waals surface area contributed by atoms with E-state index >= 15 is 0 Å². The van der Waals surface area contributed by atoms with E-state index in [4.69, 9.17) is 11.6 Å². The first kappa shape index (κ1) is 14.2. The normalized spacial score (nSPS) is 15.1. The summed E-state index contributed by atoms with van der Waals surface area (Å²) < 4.78 is 26.6. The minimum Gasteiger partial charge on any atom is -0.198 e. The van der Waals surface area contributed by atoms with E-state index in [9.17, 15) is 8.42 Å². The Morgan fingerprint density at radius 2 is 1.86 bits per heavy atom. The Hall–Kier alpha value is 0.160. The molecule has 0 aromatic rings. The standard InChI is InChI=1S/C8H19ClN2O2S/c1-7(2)5-8(6-9)10-14(12,13)11(3)4/h7-8,10H,5-6H2,1-4H3. The highest BCUT2D eigenvalue weighted by molar-refractivity contribution is 7.87. The fourth-order valence-electron chi connectivity index (χ4n) is 1.03. The molecule has 0 rings (SSSR count). The summed E-state index contributed by atoms with van der Waals surface area (Å²) in [7, 11) is -0.378. The van der Waals surface area contributed by atoms with Crippen LogP contribution in [0.5, 0.6) is 0 Å². The summed E-state index contributed by atoms with van der Waals surface area (Å²) in [6, 6.07) is -0.191. The molecule has 1 unspecified atom stereocenters. The number of hydrogen-bond acceptors (Lipinski definition) is 2. The predicted octanol–water partition coefficient (Wildman–Crippen LogP) is 1.04. The van der Waals surface area contributed by atoms with E-state index in [0.29, 0.717) is 11.8 Å². The average molecular weight is 243 g/mol. The van der Waals surface area contributed by atoms with Gasteiger partial charge in [-0.3, -0.25) is 0 Å². The minimum absolute atomic E-state index is 0.191. The van der Waals surface area contributed by atoms with Gasteiger partial charge in [0, 0.05) is 26.0 Å². The summed E-state index contributed by atoms with van der Waals surface area (Å²) in [6.07, 6.45) is 0.747. The molecular formula is C8H19ClN2O2S. The maximum atomic E-state index is 11.4. The number of alkyl halides is 1. The largest absolute Gasteiger partial charge is 0.279 e. The second-order valence-corrected chi connectivity index (χ2v) is 6.11. The third kappa shape index (κ3) is 5.14. The van der Waals surface area contributed by atoms with Crippen LogP contribution in [-0.2, 0) is 10.2 Å². The number of nitrogens with zero attached hydrogens (tertiary/aromatic N) is 1. The molecule has 0 aliphatic rings. The monoisotopic (exact) mass is 242 g/mol. The maximum absolute atomic E-state index is 11.4. The highest BCUT2D eigenvalue weighted by atomic mass is 35.5. The van der Waals surface area contributed by atoms with Crippen molar-refractivity contribution in [2.75, 3.05) is 20.0 Å². The van der Waals surface area contributed by atoms with Crippen molar-refractivity contribution in [2.24, 2.45) is 5.92 Å². The lowest BCUT2D eigenvalue weighted by molar-refractivity contribution is 0.457. The summed E-state index contributed by atoms with van der Waals surface area (Å²) in [5, 5.41) is 0. The van der Waals surface area contributed by atoms with Crippen molar-refractivity contribution in [3.8, 4) is 0 Å². The maximum Gasteiger partial charge on any atom is 0.279 e. The molecule has 0 bridgehead atoms. The zero-order valence-electron chi connectivity index (χ0n) is 9.12. The molecule has 6 heteroatoms. The van der Waals surface area contributed by atoms with Crippen molar-refractivity contribution in [2.45, 2.75) is 26.3 Å². The van der Waals surface area contributed by atoms with Gasteiger partial charge in [0.25, 0.3) is 10.2 Å². The molecule has 0 aliphatic carbocycles. The van der Waals surface area contributed by atoms with Gasteiger partial charge >= 0.3 is 0 Å². The van der Waals surface area contributed by atoms with Gasteiger partial charge in [-0.2, -0.15) is 17.4 Å². The van der Waals surface area contributed by atoms with Crippen LogP contribution in [0.2, 0.25) is 0 Å². The smallest absolute Gasteiger partial charge is 0.198 e. The molecule has 86 valence electrons. The minimum atomic E-state index is -3.36. The summed E-state index contributed by atoms with van der Waals surface area (Å²) in [4.78, 5) is 0. The molecule has 0 saturated carbocycles. The average Bonchev–Trinajstić information content (AvgIpc) is 2.01. The Morgan fingerprint density at radius 1 is 1.36 bits per heavy atom. The van der Waals surface area contributed by atoms with Gasteiger partial charge in [0.15, 0.2) is 0 Å². The lowest BCUT2D eigenvalue weighted by Crippen LogP contribution is -2.43. The zero-order chi connectivity index (χ0) is 11.4. The molecule has 0 aromatic carbocycles. The van der Waals surface area contributed by atoms with Gasteiger partial charge in [0.2, 0.25) is 0 Å². The molecule has 0 amide bonds. The quantitative estimate of drug-likeness (QED) is 0.708. The first-order valence-corrected chi connectivity index (χ1v) is 6.52. The third-order valence-corrected chi connectivity index (χ3v) is 3.70. The zero-order valence-corrected chi connectivity index (χ0v) is 10.7. The lowest BCUT2D eigenvalue weighted by atomic mass is 10.1. The van der Waals surface area contributed by atoms with Gasteiger partial charge in [0.1, 0.15) is 0 Å². The van der Waals surface area contributed by atoms with E-state index in [1.807, 2.05) is 13.8 Å². The van der Waals surface area contributed by atoms with Gasteiger partial charge in [-0.05, 0) is 12.3 Å². The van der Waals surface area contributed by atoms with Gasteiger partial charge in [-0.15, -0.1) is 11.6 Å². The SMILES string of the molecule is CC(C)CC(CCl)NS(=O)(=O)N(C)C. The van der Waals surface area contributed by atoms with Crippen LogP contribution in [0.1, 0.15) is 20.3 Å². The van der Waals surface area contributed by atoms with E-state index in [1.54, 1.807) is 0 Å². The topological polar surface area (TPSA) is 49.4 Å². The molecule has 14 heavy (non-hydrogen) atoms. The van der Waals surface area contributed by atoms with Crippen LogP contribution in [0, 0.1) is 5.92 Å². The Bertz CT molecular complexity index is 252. The van der Waals surface area contributed by atoms with Crippen LogP contribution in [0.3, 0.4) is 0 Å². The number of hydrogen-bond donors (Lipinski definition) is 1. The molecule has 0 spiro atoms. The second-order valence-electron chi connectivity index (χ2n) is 3.89. The summed E-state index contributed by atoms with van der Waals surface area (Å²) in [5.74, 6) is 0.717. The van der Waals surface area contributed by atoms with Crippen LogP contribution in [0.4, 0.5) is 0 Å². The third-order valence-electron chi connectivity index (χ3n) is 1.74. The van der Waals surface area contributed by atoms with Crippen LogP contribution in [-0.4, -0.2) is 38.7 Å². The molecule has 1 N–H and O–H groups in total. The van der Waals surface area contributed by atoms with E-state index in [2.05, 4.69) is 4.72 Å². The Morgan fingerprint density at radius 3 is 2.14 bits per heavy atom.